The van der Waals surface area contributed by atoms with E-state index in [0.29, 0.717) is 37.7 Å². The van der Waals surface area contributed by atoms with Crippen molar-refractivity contribution < 1.29 is 22.6 Å². The zero-order chi connectivity index (χ0) is 19.5. The summed E-state index contributed by atoms with van der Waals surface area (Å²) in [6, 6.07) is 7.03. The molecule has 9 heteroatoms. The summed E-state index contributed by atoms with van der Waals surface area (Å²) in [4.78, 5) is 0. The fraction of sp³-hybridized carbons (Fsp3) is 0.167. The number of hydrogen-bond donors (Lipinski definition) is 0. The average molecular weight is 500 g/mol. The highest BCUT2D eigenvalue weighted by atomic mass is 79.9. The number of nitrogens with zero attached hydrogens (tertiary/aromatic N) is 2. The lowest BCUT2D eigenvalue weighted by atomic mass is 9.85. The minimum absolute atomic E-state index is 0.323. The summed E-state index contributed by atoms with van der Waals surface area (Å²) < 4.78 is 44.1. The monoisotopic (exact) mass is 498 g/mol. The van der Waals surface area contributed by atoms with Crippen LogP contribution in [0.5, 0.6) is 11.5 Å². The van der Waals surface area contributed by atoms with Gasteiger partial charge in [-0.25, -0.2) is 0 Å². The predicted molar refractivity (Wildman–Crippen MR) is 109 cm³/mol. The van der Waals surface area contributed by atoms with E-state index < -0.39 is 6.97 Å². The molecule has 0 spiro atoms. The number of halogens is 4. The molecule has 140 valence electrons. The molecule has 1 aromatic carbocycles. The molecule has 27 heavy (non-hydrogen) atoms. The fourth-order valence-corrected chi connectivity index (χ4v) is 4.80. The van der Waals surface area contributed by atoms with Crippen molar-refractivity contribution >= 4 is 49.0 Å². The van der Waals surface area contributed by atoms with Gasteiger partial charge in [0.2, 0.25) is 4.62 Å². The minimum atomic E-state index is -4.04. The molecule has 0 fully saturated rings. The van der Waals surface area contributed by atoms with Crippen LogP contribution in [0.25, 0.3) is 5.57 Å². The van der Waals surface area contributed by atoms with Crippen LogP contribution in [-0.4, -0.2) is 34.8 Å². The summed E-state index contributed by atoms with van der Waals surface area (Å²) in [5, 5.41) is 0. The summed E-state index contributed by atoms with van der Waals surface area (Å²) in [5.41, 5.74) is 3.30. The van der Waals surface area contributed by atoms with E-state index in [-0.39, 0.29) is 0 Å². The normalized spacial score (nSPS) is 17.3. The lowest BCUT2D eigenvalue weighted by Crippen LogP contribution is -2.50. The van der Waals surface area contributed by atoms with Crippen LogP contribution < -0.4 is 9.47 Å². The van der Waals surface area contributed by atoms with Crippen LogP contribution in [0.4, 0.5) is 8.63 Å². The minimum Gasteiger partial charge on any atom is -0.493 e. The molecular formula is C18H15BBr2F2N2O2. The van der Waals surface area contributed by atoms with Crippen LogP contribution in [0.1, 0.15) is 16.8 Å². The van der Waals surface area contributed by atoms with Crippen molar-refractivity contribution in [1.82, 2.24) is 4.48 Å². The summed E-state index contributed by atoms with van der Waals surface area (Å²) >= 11 is 6.55. The molecule has 0 unspecified atom stereocenters. The van der Waals surface area contributed by atoms with Crippen LogP contribution in [0.15, 0.2) is 46.7 Å². The van der Waals surface area contributed by atoms with Crippen LogP contribution >= 0.6 is 31.9 Å². The Hall–Kier alpha value is -1.87. The van der Waals surface area contributed by atoms with Crippen molar-refractivity contribution in [2.75, 3.05) is 14.2 Å². The fourth-order valence-electron chi connectivity index (χ4n) is 3.66. The van der Waals surface area contributed by atoms with Gasteiger partial charge in [0.05, 0.1) is 24.4 Å². The Bertz CT molecular complexity index is 1070. The van der Waals surface area contributed by atoms with E-state index in [2.05, 4.69) is 31.9 Å². The van der Waals surface area contributed by atoms with E-state index in [1.807, 2.05) is 19.1 Å². The first-order valence-corrected chi connectivity index (χ1v) is 9.76. The third kappa shape index (κ3) is 2.55. The van der Waals surface area contributed by atoms with Crippen molar-refractivity contribution in [3.8, 4) is 11.5 Å². The Morgan fingerprint density at radius 3 is 2.37 bits per heavy atom. The van der Waals surface area contributed by atoms with Crippen molar-refractivity contribution in [3.05, 3.63) is 63.5 Å². The van der Waals surface area contributed by atoms with Gasteiger partial charge in [-0.2, -0.15) is 0 Å². The van der Waals surface area contributed by atoms with Gasteiger partial charge < -0.3 is 27.1 Å². The molecule has 4 rings (SSSR count). The van der Waals surface area contributed by atoms with Gasteiger partial charge in [-0.1, -0.05) is 0 Å². The first-order chi connectivity index (χ1) is 12.8. The molecule has 0 radical (unpaired) electrons. The molecule has 0 bridgehead atoms. The van der Waals surface area contributed by atoms with Gasteiger partial charge in [0, 0.05) is 33.8 Å². The number of aromatic nitrogens is 1. The largest absolute Gasteiger partial charge is 0.738 e. The summed E-state index contributed by atoms with van der Waals surface area (Å²) in [6.45, 7) is -2.11. The van der Waals surface area contributed by atoms with E-state index in [0.717, 1.165) is 20.1 Å². The van der Waals surface area contributed by atoms with Gasteiger partial charge in [-0.15, -0.1) is 0 Å². The van der Waals surface area contributed by atoms with E-state index in [9.17, 15) is 0 Å². The van der Waals surface area contributed by atoms with Crippen LogP contribution in [0, 0.1) is 6.92 Å². The molecule has 0 amide bonds. The lowest BCUT2D eigenvalue weighted by molar-refractivity contribution is -0.358. The van der Waals surface area contributed by atoms with Crippen LogP contribution in [-0.2, 0) is 0 Å². The summed E-state index contributed by atoms with van der Waals surface area (Å²) in [6.07, 6.45) is 3.34. The smallest absolute Gasteiger partial charge is 0.493 e. The second kappa shape index (κ2) is 6.34. The maximum absolute atomic E-state index is 15.3. The van der Waals surface area contributed by atoms with Crippen LogP contribution in [0.2, 0.25) is 0 Å². The van der Waals surface area contributed by atoms with Crippen molar-refractivity contribution in [3.63, 3.8) is 0 Å². The first-order valence-electron chi connectivity index (χ1n) is 8.18. The second-order valence-electron chi connectivity index (χ2n) is 6.31. The number of fused-ring (bicyclic) bond motifs is 2. The van der Waals surface area contributed by atoms with Gasteiger partial charge in [-0.05, 0) is 58.2 Å². The molecule has 0 saturated carbocycles. The van der Waals surface area contributed by atoms with Gasteiger partial charge >= 0.3 is 6.97 Å². The van der Waals surface area contributed by atoms with E-state index in [1.165, 1.54) is 0 Å². The maximum atomic E-state index is 15.3. The second-order valence-corrected chi connectivity index (χ2v) is 7.93. The topological polar surface area (TPSA) is 26.4 Å². The third-order valence-electron chi connectivity index (χ3n) is 4.87. The van der Waals surface area contributed by atoms with E-state index in [1.54, 1.807) is 38.5 Å². The van der Waals surface area contributed by atoms with Gasteiger partial charge in [0.15, 0.2) is 17.2 Å². The predicted octanol–water partition coefficient (Wildman–Crippen LogP) is 4.95. The van der Waals surface area contributed by atoms with Gasteiger partial charge in [0.25, 0.3) is 0 Å². The Labute approximate surface area is 172 Å². The molecule has 2 aliphatic rings. The Morgan fingerprint density at radius 1 is 1.04 bits per heavy atom. The molecule has 0 N–H and O–H groups in total. The Morgan fingerprint density at radius 2 is 1.70 bits per heavy atom. The maximum Gasteiger partial charge on any atom is 0.738 e. The molecule has 3 heterocycles. The number of hydrogen-bond acceptors (Lipinski definition) is 2. The molecule has 0 aliphatic carbocycles. The molecule has 0 atom stereocenters. The lowest BCUT2D eigenvalue weighted by Gasteiger charge is -2.32. The molecule has 2 aromatic rings. The van der Waals surface area contributed by atoms with Gasteiger partial charge in [-0.3, -0.25) is 0 Å². The highest BCUT2D eigenvalue weighted by Gasteiger charge is 2.54. The number of benzene rings is 1. The Kier molecular flexibility index (Phi) is 4.34. The highest BCUT2D eigenvalue weighted by molar-refractivity contribution is 9.18. The summed E-state index contributed by atoms with van der Waals surface area (Å²) in [7, 11) is 3.12. The number of aryl methyl sites for hydroxylation is 1. The zero-order valence-electron chi connectivity index (χ0n) is 14.8. The van der Waals surface area contributed by atoms with Crippen molar-refractivity contribution in [2.24, 2.45) is 0 Å². The first kappa shape index (κ1) is 18.5. The van der Waals surface area contributed by atoms with Crippen LogP contribution in [0.3, 0.4) is 0 Å². The number of methoxy groups -OCH3 is 2. The molecule has 4 nitrogen and oxygen atoms in total. The highest BCUT2D eigenvalue weighted by Crippen LogP contribution is 2.44. The number of allylic oxidation sites excluding steroid dienone is 2. The van der Waals surface area contributed by atoms with Crippen molar-refractivity contribution in [2.45, 2.75) is 6.92 Å². The average Bonchev–Trinajstić information content (AvgIpc) is 3.20. The van der Waals surface area contributed by atoms with E-state index >= 15 is 8.63 Å². The van der Waals surface area contributed by atoms with E-state index in [4.69, 9.17) is 9.47 Å². The van der Waals surface area contributed by atoms with Crippen molar-refractivity contribution in [1.29, 1.82) is 0 Å². The number of rotatable bonds is 3. The van der Waals surface area contributed by atoms with Gasteiger partial charge in [0.1, 0.15) is 0 Å². The third-order valence-corrected chi connectivity index (χ3v) is 6.16. The SMILES string of the molecule is COc1cc(C)c(C2=C3C=CC(Br)=[N+]3[B-](F)(F)n3c(Br)ccc32)cc1OC. The number of ether oxygens (including phenoxy) is 2. The summed E-state index contributed by atoms with van der Waals surface area (Å²) in [5.74, 6) is 1.14. The molecule has 2 aliphatic heterocycles. The molecular weight excluding hydrogens is 485 g/mol. The standard InChI is InChI=1S/C18H15BBr2F2N2O2/c1-10-8-14(26-2)15(27-3)9-11(10)18-12-4-6-16(20)24(12)19(22,23)25-13(18)5-7-17(25)21/h4-9H,1-3H3. The molecule has 0 saturated heterocycles. The zero-order valence-corrected chi connectivity index (χ0v) is 17.9. The Balaban J connectivity index is 2.09. The molecule has 1 aromatic heterocycles. The quantitative estimate of drug-likeness (QED) is 0.559.